The van der Waals surface area contributed by atoms with Crippen molar-refractivity contribution >= 4 is 25.8 Å². The van der Waals surface area contributed by atoms with Gasteiger partial charge in [0.05, 0.1) is 22.2 Å². The number of unbranched alkanes of at least 4 members (excludes halogenated alkanes) is 1. The van der Waals surface area contributed by atoms with Crippen LogP contribution in [0, 0.1) is 0 Å². The fourth-order valence-electron chi connectivity index (χ4n) is 3.24. The van der Waals surface area contributed by atoms with Crippen molar-refractivity contribution < 1.29 is 13.2 Å². The Labute approximate surface area is 179 Å². The minimum atomic E-state index is -3.34. The first-order valence-corrected chi connectivity index (χ1v) is 12.3. The molecular weight excluding hydrogens is 438 g/mol. The highest BCUT2D eigenvalue weighted by molar-refractivity contribution is 9.10. The van der Waals surface area contributed by atoms with E-state index < -0.39 is 9.84 Å². The van der Waals surface area contributed by atoms with Crippen molar-refractivity contribution in [3.63, 3.8) is 0 Å². The molecule has 0 bridgehead atoms. The maximum absolute atomic E-state index is 12.9. The number of nitrogens with one attached hydrogen (secondary N) is 1. The van der Waals surface area contributed by atoms with E-state index in [4.69, 9.17) is 4.74 Å². The van der Waals surface area contributed by atoms with Crippen LogP contribution in [-0.4, -0.2) is 26.8 Å². The maximum Gasteiger partial charge on any atom is 0.180 e. The predicted octanol–water partition coefficient (Wildman–Crippen LogP) is 5.81. The third-order valence-corrected chi connectivity index (χ3v) is 7.57. The minimum Gasteiger partial charge on any atom is -0.496 e. The molecule has 4 nitrogen and oxygen atoms in total. The summed E-state index contributed by atoms with van der Waals surface area (Å²) in [6.07, 6.45) is 11.8. The zero-order valence-electron chi connectivity index (χ0n) is 17.7. The molecule has 0 aromatic heterocycles. The molecule has 0 saturated carbocycles. The van der Waals surface area contributed by atoms with Crippen LogP contribution in [0.15, 0.2) is 45.8 Å². The number of hydrogen-bond acceptors (Lipinski definition) is 4. The van der Waals surface area contributed by atoms with Crippen molar-refractivity contribution in [2.75, 3.05) is 12.9 Å². The Morgan fingerprint density at radius 3 is 2.36 bits per heavy atom. The highest BCUT2D eigenvalue weighted by Crippen LogP contribution is 2.36. The lowest BCUT2D eigenvalue weighted by molar-refractivity contribution is 0.313. The average molecular weight is 472 g/mol. The molecule has 1 N–H and O–H groups in total. The van der Waals surface area contributed by atoms with Gasteiger partial charge in [-0.3, -0.25) is 0 Å². The van der Waals surface area contributed by atoms with Gasteiger partial charge in [-0.2, -0.15) is 0 Å². The fourth-order valence-corrected chi connectivity index (χ4v) is 5.94. The lowest BCUT2D eigenvalue weighted by Crippen LogP contribution is -2.48. The van der Waals surface area contributed by atoms with Crippen LogP contribution in [0.4, 0.5) is 0 Å². The van der Waals surface area contributed by atoms with Crippen molar-refractivity contribution in [1.29, 1.82) is 0 Å². The Balaban J connectivity index is 0.000000568. The highest BCUT2D eigenvalue weighted by atomic mass is 79.9. The summed E-state index contributed by atoms with van der Waals surface area (Å²) in [5, 5.41) is 3.52. The van der Waals surface area contributed by atoms with E-state index in [9.17, 15) is 8.42 Å². The number of ether oxygens (including phenoxy) is 1. The number of benzene rings is 1. The molecule has 1 aliphatic heterocycles. The molecule has 6 heteroatoms. The molecule has 0 saturated heterocycles. The molecule has 0 amide bonds. The van der Waals surface area contributed by atoms with Gasteiger partial charge in [-0.15, -0.1) is 0 Å². The molecule has 1 aromatic carbocycles. The summed E-state index contributed by atoms with van der Waals surface area (Å²) in [5.74, 6) is 0.703. The van der Waals surface area contributed by atoms with Gasteiger partial charge < -0.3 is 10.1 Å². The van der Waals surface area contributed by atoms with Gasteiger partial charge in [0.1, 0.15) is 5.75 Å². The van der Waals surface area contributed by atoms with Gasteiger partial charge >= 0.3 is 0 Å². The van der Waals surface area contributed by atoms with Gasteiger partial charge in [-0.25, -0.2) is 8.42 Å². The summed E-state index contributed by atoms with van der Waals surface area (Å²) < 4.78 is 31.8. The van der Waals surface area contributed by atoms with E-state index in [0.29, 0.717) is 17.2 Å². The first-order valence-electron chi connectivity index (χ1n) is 9.87. The van der Waals surface area contributed by atoms with Gasteiger partial charge in [-0.1, -0.05) is 51.0 Å². The molecule has 0 unspecified atom stereocenters. The summed E-state index contributed by atoms with van der Waals surface area (Å²) >= 11 is 3.44. The zero-order valence-corrected chi connectivity index (χ0v) is 20.1. The normalized spacial score (nSPS) is 21.1. The molecule has 1 aliphatic rings. The van der Waals surface area contributed by atoms with Crippen LogP contribution < -0.4 is 10.1 Å². The van der Waals surface area contributed by atoms with Gasteiger partial charge in [0, 0.05) is 18.2 Å². The second kappa shape index (κ2) is 11.8. The minimum absolute atomic E-state index is 0.147. The molecule has 0 radical (unpaired) electrons. The predicted molar refractivity (Wildman–Crippen MR) is 122 cm³/mol. The van der Waals surface area contributed by atoms with Crippen LogP contribution in [0.25, 0.3) is 0 Å². The Bertz CT molecular complexity index is 777. The third-order valence-electron chi connectivity index (χ3n) is 4.97. The molecule has 1 aromatic rings. The van der Waals surface area contributed by atoms with Crippen molar-refractivity contribution in [3.8, 4) is 5.75 Å². The average Bonchev–Trinajstić information content (AvgIpc) is 2.78. The number of allylic oxidation sites excluding steroid dienone is 4. The fraction of sp³-hybridized carbons (Fsp3) is 0.545. The van der Waals surface area contributed by atoms with E-state index >= 15 is 0 Å². The summed E-state index contributed by atoms with van der Waals surface area (Å²) in [6, 6.07) is 3.49. The van der Waals surface area contributed by atoms with Gasteiger partial charge in [0.15, 0.2) is 9.84 Å². The van der Waals surface area contributed by atoms with E-state index in [2.05, 4.69) is 35.1 Å². The zero-order chi connectivity index (χ0) is 21.2. The Hall–Kier alpha value is -1.11. The van der Waals surface area contributed by atoms with Crippen molar-refractivity contribution in [3.05, 3.63) is 46.5 Å². The van der Waals surface area contributed by atoms with Crippen LogP contribution in [0.3, 0.4) is 0 Å². The van der Waals surface area contributed by atoms with Gasteiger partial charge in [0.2, 0.25) is 0 Å². The standard InChI is InChI=1S/C16H24BrNO3S.C6H10/c1-4-6-7-16(5-2)11-22(19,20)15-9-14(21-3)13(17)8-12(15)10-18-16;1-3-5-6-4-2/h8-9,18H,4-7,10-11H2,1-3H3;3-6H,1-2H3/b;5-3-,6-4-/t16-;/m1./s1. The SMILES string of the molecule is C/C=C\C=C/C.CCCC[C@]1(CC)CS(=O)(=O)c2cc(OC)c(Br)cc2CN1. The van der Waals surface area contributed by atoms with Crippen molar-refractivity contribution in [2.45, 2.75) is 70.4 Å². The number of rotatable bonds is 6. The topological polar surface area (TPSA) is 55.4 Å². The van der Waals surface area contributed by atoms with Gasteiger partial charge in [0.25, 0.3) is 0 Å². The monoisotopic (exact) mass is 471 g/mol. The second-order valence-corrected chi connectivity index (χ2v) is 9.81. The van der Waals surface area contributed by atoms with E-state index in [-0.39, 0.29) is 11.3 Å². The molecule has 2 rings (SSSR count). The molecule has 158 valence electrons. The third kappa shape index (κ3) is 6.75. The summed E-state index contributed by atoms with van der Waals surface area (Å²) in [5.41, 5.74) is 0.465. The van der Waals surface area contributed by atoms with E-state index in [0.717, 1.165) is 35.7 Å². The number of hydrogen-bond donors (Lipinski definition) is 1. The quantitative estimate of drug-likeness (QED) is 0.531. The van der Waals surface area contributed by atoms with Crippen LogP contribution in [0.1, 0.15) is 58.9 Å². The molecule has 0 aliphatic carbocycles. The number of halogens is 1. The Kier molecular flexibility index (Phi) is 10.5. The van der Waals surface area contributed by atoms with Gasteiger partial charge in [-0.05, 0) is 54.2 Å². The molecule has 0 fully saturated rings. The van der Waals surface area contributed by atoms with Crippen LogP contribution in [-0.2, 0) is 16.4 Å². The number of methoxy groups -OCH3 is 1. The number of sulfone groups is 1. The first-order chi connectivity index (χ1) is 13.3. The molecule has 28 heavy (non-hydrogen) atoms. The van der Waals surface area contributed by atoms with E-state index in [1.54, 1.807) is 13.2 Å². The van der Waals surface area contributed by atoms with Crippen molar-refractivity contribution in [2.24, 2.45) is 0 Å². The highest BCUT2D eigenvalue weighted by Gasteiger charge is 2.38. The van der Waals surface area contributed by atoms with E-state index in [1.807, 2.05) is 44.2 Å². The molecule has 1 atom stereocenters. The first kappa shape index (κ1) is 24.9. The Morgan fingerprint density at radius 2 is 1.86 bits per heavy atom. The maximum atomic E-state index is 12.9. The smallest absolute Gasteiger partial charge is 0.180 e. The van der Waals surface area contributed by atoms with Crippen LogP contribution in [0.2, 0.25) is 0 Å². The van der Waals surface area contributed by atoms with E-state index in [1.165, 1.54) is 0 Å². The lowest BCUT2D eigenvalue weighted by Gasteiger charge is -2.32. The summed E-state index contributed by atoms with van der Waals surface area (Å²) in [6.45, 7) is 8.75. The van der Waals surface area contributed by atoms with Crippen LogP contribution in [0.5, 0.6) is 5.75 Å². The lowest BCUT2D eigenvalue weighted by atomic mass is 9.91. The molecular formula is C22H34BrNO3S. The number of fused-ring (bicyclic) bond motifs is 1. The molecule has 1 heterocycles. The second-order valence-electron chi connectivity index (χ2n) is 7.00. The Morgan fingerprint density at radius 1 is 1.21 bits per heavy atom. The largest absolute Gasteiger partial charge is 0.496 e. The molecule has 0 spiro atoms. The summed E-state index contributed by atoms with van der Waals surface area (Å²) in [4.78, 5) is 0.395. The van der Waals surface area contributed by atoms with Crippen molar-refractivity contribution in [1.82, 2.24) is 5.32 Å². The summed E-state index contributed by atoms with van der Waals surface area (Å²) in [7, 11) is -1.79. The van der Waals surface area contributed by atoms with Crippen LogP contribution >= 0.6 is 15.9 Å².